The summed E-state index contributed by atoms with van der Waals surface area (Å²) in [5, 5.41) is 0.868. The van der Waals surface area contributed by atoms with Gasteiger partial charge in [0.2, 0.25) is 11.8 Å². The highest BCUT2D eigenvalue weighted by atomic mass is 16.5. The molecular formula is C15H13N3O. The number of nitrogens with zero attached hydrogens (tertiary/aromatic N) is 2. The van der Waals surface area contributed by atoms with Gasteiger partial charge in [-0.25, -0.2) is 4.98 Å². The second-order valence-corrected chi connectivity index (χ2v) is 4.18. The molecule has 4 nitrogen and oxygen atoms in total. The van der Waals surface area contributed by atoms with E-state index in [0.29, 0.717) is 12.5 Å². The first-order valence-corrected chi connectivity index (χ1v) is 6.02. The number of para-hydroxylation sites is 1. The molecule has 3 aromatic rings. The van der Waals surface area contributed by atoms with Gasteiger partial charge in [0.25, 0.3) is 0 Å². The van der Waals surface area contributed by atoms with Gasteiger partial charge in [0, 0.05) is 0 Å². The second-order valence-electron chi connectivity index (χ2n) is 4.18. The van der Waals surface area contributed by atoms with Crippen LogP contribution < -0.4 is 10.5 Å². The monoisotopic (exact) mass is 251 g/mol. The van der Waals surface area contributed by atoms with Crippen LogP contribution in [0.1, 0.15) is 5.56 Å². The van der Waals surface area contributed by atoms with E-state index >= 15 is 0 Å². The Kier molecular flexibility index (Phi) is 2.98. The van der Waals surface area contributed by atoms with Crippen LogP contribution in [0.3, 0.4) is 0 Å². The van der Waals surface area contributed by atoms with Gasteiger partial charge < -0.3 is 10.5 Å². The van der Waals surface area contributed by atoms with Crippen LogP contribution >= 0.6 is 0 Å². The number of anilines is 1. The average molecular weight is 251 g/mol. The van der Waals surface area contributed by atoms with E-state index in [1.54, 1.807) is 0 Å². The Morgan fingerprint density at radius 1 is 0.895 bits per heavy atom. The maximum Gasteiger partial charge on any atom is 0.226 e. The summed E-state index contributed by atoms with van der Waals surface area (Å²) in [5.74, 6) is 0.744. The van der Waals surface area contributed by atoms with Crippen molar-refractivity contribution in [3.8, 4) is 5.88 Å². The van der Waals surface area contributed by atoms with Gasteiger partial charge in [-0.1, -0.05) is 42.5 Å². The highest BCUT2D eigenvalue weighted by Gasteiger charge is 2.06. The van der Waals surface area contributed by atoms with Crippen LogP contribution in [0.2, 0.25) is 0 Å². The van der Waals surface area contributed by atoms with E-state index < -0.39 is 0 Å². The van der Waals surface area contributed by atoms with Crippen molar-refractivity contribution in [2.24, 2.45) is 0 Å². The molecule has 1 aromatic heterocycles. The van der Waals surface area contributed by atoms with Gasteiger partial charge in [-0.05, 0) is 17.7 Å². The maximum atomic E-state index is 5.76. The molecular weight excluding hydrogens is 238 g/mol. The Bertz CT molecular complexity index is 698. The van der Waals surface area contributed by atoms with E-state index in [9.17, 15) is 0 Å². The predicted molar refractivity (Wildman–Crippen MR) is 74.7 cm³/mol. The molecule has 4 heteroatoms. The molecule has 94 valence electrons. The Hall–Kier alpha value is -2.62. The third-order valence-electron chi connectivity index (χ3n) is 2.80. The number of nitrogen functional groups attached to an aromatic ring is 1. The van der Waals surface area contributed by atoms with Gasteiger partial charge in [0.1, 0.15) is 6.61 Å². The van der Waals surface area contributed by atoms with E-state index in [1.165, 1.54) is 0 Å². The number of rotatable bonds is 3. The number of hydrogen-bond donors (Lipinski definition) is 1. The highest BCUT2D eigenvalue weighted by molar-refractivity contribution is 5.84. The summed E-state index contributed by atoms with van der Waals surface area (Å²) in [6.45, 7) is 0.460. The smallest absolute Gasteiger partial charge is 0.226 e. The standard InChI is InChI=1S/C15H13N3O/c16-15-17-13-9-5-4-8-12(13)14(18-15)19-10-11-6-2-1-3-7-11/h1-9H,10H2,(H2,16,17,18). The van der Waals surface area contributed by atoms with Crippen molar-refractivity contribution in [1.82, 2.24) is 9.97 Å². The van der Waals surface area contributed by atoms with Crippen molar-refractivity contribution in [2.45, 2.75) is 6.61 Å². The lowest BCUT2D eigenvalue weighted by molar-refractivity contribution is 0.298. The SMILES string of the molecule is Nc1nc(OCc2ccccc2)c2ccccc2n1. The van der Waals surface area contributed by atoms with Crippen LogP contribution in [0.15, 0.2) is 54.6 Å². The summed E-state index contributed by atoms with van der Waals surface area (Å²) in [6.07, 6.45) is 0. The highest BCUT2D eigenvalue weighted by Crippen LogP contribution is 2.23. The zero-order chi connectivity index (χ0) is 13.1. The number of fused-ring (bicyclic) bond motifs is 1. The number of aromatic nitrogens is 2. The van der Waals surface area contributed by atoms with E-state index in [2.05, 4.69) is 9.97 Å². The lowest BCUT2D eigenvalue weighted by Gasteiger charge is -2.08. The van der Waals surface area contributed by atoms with Crippen molar-refractivity contribution in [3.05, 3.63) is 60.2 Å². The minimum absolute atomic E-state index is 0.224. The van der Waals surface area contributed by atoms with Crippen LogP contribution in [0.25, 0.3) is 10.9 Å². The van der Waals surface area contributed by atoms with Crippen molar-refractivity contribution >= 4 is 16.9 Å². The van der Waals surface area contributed by atoms with Crippen molar-refractivity contribution in [2.75, 3.05) is 5.73 Å². The fraction of sp³-hybridized carbons (Fsp3) is 0.0667. The molecule has 3 rings (SSSR count). The van der Waals surface area contributed by atoms with Crippen LogP contribution in [0, 0.1) is 0 Å². The molecule has 1 heterocycles. The molecule has 2 aromatic carbocycles. The van der Waals surface area contributed by atoms with Crippen LogP contribution in [0.4, 0.5) is 5.95 Å². The molecule has 0 fully saturated rings. The first kappa shape index (κ1) is 11.5. The lowest BCUT2D eigenvalue weighted by atomic mass is 10.2. The maximum absolute atomic E-state index is 5.76. The molecule has 19 heavy (non-hydrogen) atoms. The summed E-state index contributed by atoms with van der Waals surface area (Å²) in [5.41, 5.74) is 7.57. The second kappa shape index (κ2) is 4.94. The lowest BCUT2D eigenvalue weighted by Crippen LogP contribution is -2.02. The van der Waals surface area contributed by atoms with Crippen molar-refractivity contribution in [1.29, 1.82) is 0 Å². The van der Waals surface area contributed by atoms with Crippen molar-refractivity contribution in [3.63, 3.8) is 0 Å². The Morgan fingerprint density at radius 2 is 1.63 bits per heavy atom. The summed E-state index contributed by atoms with van der Waals surface area (Å²) in [4.78, 5) is 8.34. The van der Waals surface area contributed by atoms with Crippen LogP contribution in [0.5, 0.6) is 5.88 Å². The molecule has 0 saturated heterocycles. The van der Waals surface area contributed by atoms with Crippen LogP contribution in [-0.2, 0) is 6.61 Å². The Labute approximate surface area is 110 Å². The number of benzene rings is 2. The van der Waals surface area contributed by atoms with E-state index in [1.807, 2.05) is 54.6 Å². The molecule has 0 radical (unpaired) electrons. The minimum Gasteiger partial charge on any atom is -0.472 e. The third kappa shape index (κ3) is 2.47. The molecule has 0 spiro atoms. The van der Waals surface area contributed by atoms with Crippen molar-refractivity contribution < 1.29 is 4.74 Å². The zero-order valence-corrected chi connectivity index (χ0v) is 10.3. The quantitative estimate of drug-likeness (QED) is 0.777. The van der Waals surface area contributed by atoms with Gasteiger partial charge in [-0.3, -0.25) is 0 Å². The molecule has 0 saturated carbocycles. The van der Waals surface area contributed by atoms with Gasteiger partial charge in [0.05, 0.1) is 10.9 Å². The fourth-order valence-electron chi connectivity index (χ4n) is 1.90. The van der Waals surface area contributed by atoms with Gasteiger partial charge in [-0.15, -0.1) is 0 Å². The molecule has 0 amide bonds. The van der Waals surface area contributed by atoms with Gasteiger partial charge in [-0.2, -0.15) is 4.98 Å². The molecule has 0 aliphatic heterocycles. The van der Waals surface area contributed by atoms with E-state index in [-0.39, 0.29) is 5.95 Å². The number of nitrogens with two attached hydrogens (primary N) is 1. The topological polar surface area (TPSA) is 61.0 Å². The summed E-state index contributed by atoms with van der Waals surface area (Å²) in [6, 6.07) is 17.6. The van der Waals surface area contributed by atoms with E-state index in [4.69, 9.17) is 10.5 Å². The first-order valence-electron chi connectivity index (χ1n) is 6.02. The van der Waals surface area contributed by atoms with Crippen LogP contribution in [-0.4, -0.2) is 9.97 Å². The molecule has 2 N–H and O–H groups in total. The molecule has 0 bridgehead atoms. The number of ether oxygens (including phenoxy) is 1. The largest absolute Gasteiger partial charge is 0.472 e. The summed E-state index contributed by atoms with van der Waals surface area (Å²) < 4.78 is 5.76. The van der Waals surface area contributed by atoms with Gasteiger partial charge in [0.15, 0.2) is 0 Å². The predicted octanol–water partition coefficient (Wildman–Crippen LogP) is 2.79. The molecule has 0 aliphatic rings. The van der Waals surface area contributed by atoms with Gasteiger partial charge >= 0.3 is 0 Å². The zero-order valence-electron chi connectivity index (χ0n) is 10.3. The molecule has 0 atom stereocenters. The minimum atomic E-state index is 0.224. The third-order valence-corrected chi connectivity index (χ3v) is 2.80. The Morgan fingerprint density at radius 3 is 2.47 bits per heavy atom. The molecule has 0 unspecified atom stereocenters. The molecule has 0 aliphatic carbocycles. The Balaban J connectivity index is 1.92. The first-order chi connectivity index (χ1) is 9.33. The summed E-state index contributed by atoms with van der Waals surface area (Å²) >= 11 is 0. The number of hydrogen-bond acceptors (Lipinski definition) is 4. The van der Waals surface area contributed by atoms with E-state index in [0.717, 1.165) is 16.5 Å². The average Bonchev–Trinajstić information content (AvgIpc) is 2.45. The summed E-state index contributed by atoms with van der Waals surface area (Å²) in [7, 11) is 0. The normalized spacial score (nSPS) is 10.5. The fourth-order valence-corrected chi connectivity index (χ4v) is 1.90.